The molecule has 0 bridgehead atoms. The molecule has 1 amide bonds. The van der Waals surface area contributed by atoms with E-state index in [1.165, 1.54) is 11.3 Å². The fourth-order valence-electron chi connectivity index (χ4n) is 4.25. The fraction of sp³-hybridized carbons (Fsp3) is 0.391. The van der Waals surface area contributed by atoms with E-state index in [0.717, 1.165) is 28.6 Å². The lowest BCUT2D eigenvalue weighted by molar-refractivity contribution is 0.0954. The van der Waals surface area contributed by atoms with Crippen LogP contribution in [0.2, 0.25) is 0 Å². The molecule has 0 saturated heterocycles. The Balaban J connectivity index is 1.84. The van der Waals surface area contributed by atoms with Crippen molar-refractivity contribution in [2.75, 3.05) is 11.4 Å². The maximum absolute atomic E-state index is 12.3. The van der Waals surface area contributed by atoms with Crippen molar-refractivity contribution in [2.24, 2.45) is 5.10 Å². The zero-order valence-corrected chi connectivity index (χ0v) is 18.8. The molecule has 0 aliphatic carbocycles. The van der Waals surface area contributed by atoms with Crippen molar-refractivity contribution in [1.29, 1.82) is 0 Å². The molecule has 2 aromatic rings. The first-order chi connectivity index (χ1) is 13.2. The van der Waals surface area contributed by atoms with Gasteiger partial charge in [-0.25, -0.2) is 5.43 Å². The summed E-state index contributed by atoms with van der Waals surface area (Å²) in [6, 6.07) is 11.8. The summed E-state index contributed by atoms with van der Waals surface area (Å²) in [7, 11) is 0. The lowest BCUT2D eigenvalue weighted by atomic mass is 9.79. The predicted molar refractivity (Wildman–Crippen MR) is 121 cm³/mol. The van der Waals surface area contributed by atoms with Crippen LogP contribution in [0.5, 0.6) is 0 Å². The number of aryl methyl sites for hydroxylation is 1. The van der Waals surface area contributed by atoms with Crippen LogP contribution in [0.3, 0.4) is 0 Å². The van der Waals surface area contributed by atoms with Crippen molar-refractivity contribution in [1.82, 2.24) is 5.43 Å². The number of hydrogen-bond acceptors (Lipinski definition) is 3. The molecule has 148 valence electrons. The first-order valence-corrected chi connectivity index (χ1v) is 10.5. The zero-order chi connectivity index (χ0) is 20.5. The van der Waals surface area contributed by atoms with Crippen molar-refractivity contribution in [3.8, 4) is 0 Å². The van der Waals surface area contributed by atoms with Crippen LogP contribution in [0.15, 0.2) is 46.0 Å². The number of hydrogen-bond donors (Lipinski definition) is 1. The van der Waals surface area contributed by atoms with Gasteiger partial charge >= 0.3 is 0 Å². The quantitative estimate of drug-likeness (QED) is 0.493. The molecule has 1 atom stereocenters. The van der Waals surface area contributed by atoms with Crippen LogP contribution in [-0.4, -0.2) is 24.2 Å². The normalized spacial score (nSPS) is 18.2. The van der Waals surface area contributed by atoms with Gasteiger partial charge in [-0.1, -0.05) is 19.1 Å². The molecule has 0 radical (unpaired) electrons. The number of halogens is 1. The van der Waals surface area contributed by atoms with Gasteiger partial charge in [0, 0.05) is 22.2 Å². The maximum atomic E-state index is 12.3. The summed E-state index contributed by atoms with van der Waals surface area (Å²) in [6.07, 6.45) is 2.86. The Morgan fingerprint density at radius 2 is 2.07 bits per heavy atom. The second kappa shape index (κ2) is 8.08. The van der Waals surface area contributed by atoms with Crippen molar-refractivity contribution in [3.05, 3.63) is 63.1 Å². The molecule has 0 fully saturated rings. The highest BCUT2D eigenvalue weighted by molar-refractivity contribution is 9.10. The van der Waals surface area contributed by atoms with Gasteiger partial charge in [0.2, 0.25) is 0 Å². The second-order valence-corrected chi connectivity index (χ2v) is 8.96. The Kier molecular flexibility index (Phi) is 5.94. The van der Waals surface area contributed by atoms with Crippen LogP contribution in [-0.2, 0) is 0 Å². The highest BCUT2D eigenvalue weighted by Gasteiger charge is 2.35. The van der Waals surface area contributed by atoms with E-state index < -0.39 is 0 Å². The zero-order valence-electron chi connectivity index (χ0n) is 17.2. The van der Waals surface area contributed by atoms with Gasteiger partial charge in [0.15, 0.2) is 0 Å². The van der Waals surface area contributed by atoms with Crippen LogP contribution in [0, 0.1) is 6.92 Å². The van der Waals surface area contributed by atoms with Crippen LogP contribution in [0.25, 0.3) is 0 Å². The van der Waals surface area contributed by atoms with Crippen LogP contribution >= 0.6 is 15.9 Å². The van der Waals surface area contributed by atoms with Crippen LogP contribution < -0.4 is 10.3 Å². The van der Waals surface area contributed by atoms with Gasteiger partial charge in [-0.2, -0.15) is 5.10 Å². The number of carbonyl (C=O) groups excluding carboxylic acids is 1. The molecule has 1 unspecified atom stereocenters. The number of hydrazone groups is 1. The first kappa shape index (κ1) is 20.6. The summed E-state index contributed by atoms with van der Waals surface area (Å²) >= 11 is 3.40. The average Bonchev–Trinajstić information content (AvgIpc) is 2.62. The number of benzene rings is 2. The predicted octanol–water partition coefficient (Wildman–Crippen LogP) is 5.63. The van der Waals surface area contributed by atoms with Crippen molar-refractivity contribution < 1.29 is 4.79 Å². The van der Waals surface area contributed by atoms with E-state index in [0.29, 0.717) is 11.5 Å². The van der Waals surface area contributed by atoms with Crippen molar-refractivity contribution >= 4 is 33.7 Å². The lowest BCUT2D eigenvalue weighted by Gasteiger charge is -2.47. The topological polar surface area (TPSA) is 44.7 Å². The largest absolute Gasteiger partial charge is 0.366 e. The smallest absolute Gasteiger partial charge is 0.272 e. The van der Waals surface area contributed by atoms with E-state index in [1.807, 2.05) is 18.2 Å². The Labute approximate surface area is 176 Å². The third-order valence-electron chi connectivity index (χ3n) is 5.58. The summed E-state index contributed by atoms with van der Waals surface area (Å²) < 4.78 is 0.753. The van der Waals surface area contributed by atoms with E-state index in [1.54, 1.807) is 12.3 Å². The molecule has 1 N–H and O–H groups in total. The molecule has 0 saturated carbocycles. The van der Waals surface area contributed by atoms with E-state index in [4.69, 9.17) is 0 Å². The fourth-order valence-corrected chi connectivity index (χ4v) is 4.72. The molecule has 2 aromatic carbocycles. The minimum Gasteiger partial charge on any atom is -0.366 e. The monoisotopic (exact) mass is 441 g/mol. The third-order valence-corrected chi connectivity index (χ3v) is 6.27. The summed E-state index contributed by atoms with van der Waals surface area (Å²) in [5.74, 6) is 0.252. The van der Waals surface area contributed by atoms with Gasteiger partial charge in [-0.3, -0.25) is 4.79 Å². The Morgan fingerprint density at radius 3 is 2.75 bits per heavy atom. The van der Waals surface area contributed by atoms with Crippen LogP contribution in [0.1, 0.15) is 67.1 Å². The average molecular weight is 442 g/mol. The van der Waals surface area contributed by atoms with E-state index in [2.05, 4.69) is 78.1 Å². The highest BCUT2D eigenvalue weighted by atomic mass is 79.9. The summed E-state index contributed by atoms with van der Waals surface area (Å²) in [6.45, 7) is 12.2. The summed E-state index contributed by atoms with van der Waals surface area (Å²) in [5.41, 5.74) is 8.21. The molecule has 5 heteroatoms. The maximum Gasteiger partial charge on any atom is 0.272 e. The first-order valence-electron chi connectivity index (χ1n) is 9.74. The van der Waals surface area contributed by atoms with Crippen LogP contribution in [0.4, 0.5) is 5.69 Å². The van der Waals surface area contributed by atoms with Gasteiger partial charge in [-0.15, -0.1) is 0 Å². The van der Waals surface area contributed by atoms with Crippen molar-refractivity contribution in [3.63, 3.8) is 0 Å². The number of anilines is 1. The SMILES string of the molecule is CCN1c2cc(C)c(/C=N\NC(=O)c3ccccc3Br)cc2C(C)CC1(C)C. The number of rotatable bonds is 4. The summed E-state index contributed by atoms with van der Waals surface area (Å²) in [4.78, 5) is 14.8. The molecule has 0 aromatic heterocycles. The van der Waals surface area contributed by atoms with Gasteiger partial charge in [-0.05, 0) is 96.9 Å². The Bertz CT molecular complexity index is 920. The highest BCUT2D eigenvalue weighted by Crippen LogP contribution is 2.43. The molecular weight excluding hydrogens is 414 g/mol. The van der Waals surface area contributed by atoms with E-state index >= 15 is 0 Å². The number of nitrogens with zero attached hydrogens (tertiary/aromatic N) is 2. The summed E-state index contributed by atoms with van der Waals surface area (Å²) in [5, 5.41) is 4.20. The number of fused-ring (bicyclic) bond motifs is 1. The molecule has 28 heavy (non-hydrogen) atoms. The van der Waals surface area contributed by atoms with Gasteiger partial charge in [0.25, 0.3) is 5.91 Å². The molecule has 3 rings (SSSR count). The molecular formula is C23H28BrN3O. The van der Waals surface area contributed by atoms with Crippen molar-refractivity contribution in [2.45, 2.75) is 52.5 Å². The molecule has 1 aliphatic heterocycles. The third kappa shape index (κ3) is 4.00. The van der Waals surface area contributed by atoms with Gasteiger partial charge < -0.3 is 4.90 Å². The van der Waals surface area contributed by atoms with Gasteiger partial charge in [0.05, 0.1) is 11.8 Å². The van der Waals surface area contributed by atoms with E-state index in [-0.39, 0.29) is 11.4 Å². The lowest BCUT2D eigenvalue weighted by Crippen LogP contribution is -2.48. The molecule has 0 spiro atoms. The minimum atomic E-state index is -0.230. The minimum absolute atomic E-state index is 0.153. The number of nitrogens with one attached hydrogen (secondary N) is 1. The van der Waals surface area contributed by atoms with Gasteiger partial charge in [0.1, 0.15) is 0 Å². The molecule has 1 aliphatic rings. The Hall–Kier alpha value is -2.14. The Morgan fingerprint density at radius 1 is 1.36 bits per heavy atom. The number of carbonyl (C=O) groups is 1. The second-order valence-electron chi connectivity index (χ2n) is 8.11. The molecule has 1 heterocycles. The van der Waals surface area contributed by atoms with E-state index in [9.17, 15) is 4.79 Å². The standard InChI is InChI=1S/C23H28BrN3O/c1-6-27-21-11-15(2)17(12-19(21)16(3)13-23(27,4)5)14-25-26-22(28)18-9-7-8-10-20(18)24/h7-12,14,16H,6,13H2,1-5H3,(H,26,28)/b25-14-. The molecule has 4 nitrogen and oxygen atoms in total. The number of amides is 1.